The lowest BCUT2D eigenvalue weighted by molar-refractivity contribution is -0.128. The maximum absolute atomic E-state index is 11.3. The molecule has 0 fully saturated rings. The number of anilines is 1. The number of amides is 1. The van der Waals surface area contributed by atoms with Crippen LogP contribution in [0.5, 0.6) is 0 Å². The van der Waals surface area contributed by atoms with E-state index in [2.05, 4.69) is 0 Å². The van der Waals surface area contributed by atoms with Crippen LogP contribution in [-0.4, -0.2) is 38.5 Å². The topological polar surface area (TPSA) is 49.6 Å². The van der Waals surface area contributed by atoms with E-state index in [1.807, 2.05) is 43.3 Å². The van der Waals surface area contributed by atoms with Crippen LogP contribution in [0.4, 0.5) is 5.69 Å². The summed E-state index contributed by atoms with van der Waals surface area (Å²) in [5, 5.41) is 0. The molecule has 1 rings (SSSR count). The Hall–Kier alpha value is -1.55. The van der Waals surface area contributed by atoms with Crippen LogP contribution in [0.1, 0.15) is 5.56 Å². The normalized spacial score (nSPS) is 10.0. The van der Waals surface area contributed by atoms with Gasteiger partial charge in [0.15, 0.2) is 0 Å². The number of benzene rings is 1. The van der Waals surface area contributed by atoms with E-state index in [0.29, 0.717) is 6.54 Å². The molecule has 0 aliphatic heterocycles. The van der Waals surface area contributed by atoms with Gasteiger partial charge in [-0.15, -0.1) is 0 Å². The van der Waals surface area contributed by atoms with Crippen LogP contribution in [0.3, 0.4) is 0 Å². The van der Waals surface area contributed by atoms with Gasteiger partial charge >= 0.3 is 0 Å². The van der Waals surface area contributed by atoms with Gasteiger partial charge in [0.2, 0.25) is 5.91 Å². The van der Waals surface area contributed by atoms with Crippen LogP contribution in [0, 0.1) is 0 Å². The number of rotatable bonds is 4. The molecule has 0 saturated carbocycles. The molecular weight excluding hydrogens is 202 g/mol. The summed E-state index contributed by atoms with van der Waals surface area (Å²) >= 11 is 0. The summed E-state index contributed by atoms with van der Waals surface area (Å²) in [6.07, 6.45) is 0. The van der Waals surface area contributed by atoms with Gasteiger partial charge in [0.05, 0.1) is 6.54 Å². The number of carbonyl (C=O) groups excluding carboxylic acids is 1. The summed E-state index contributed by atoms with van der Waals surface area (Å²) in [5.74, 6) is -0.0447. The largest absolute Gasteiger partial charge is 0.378 e. The molecule has 0 saturated heterocycles. The first-order valence-electron chi connectivity index (χ1n) is 5.25. The van der Waals surface area contributed by atoms with Gasteiger partial charge in [-0.2, -0.15) is 0 Å². The van der Waals surface area contributed by atoms with Crippen molar-refractivity contribution in [3.05, 3.63) is 29.8 Å². The number of hydrogen-bond donors (Lipinski definition) is 1. The number of nitrogens with zero attached hydrogens (tertiary/aromatic N) is 2. The molecule has 0 spiro atoms. The molecule has 0 atom stereocenters. The van der Waals surface area contributed by atoms with Gasteiger partial charge in [-0.1, -0.05) is 12.1 Å². The SMILES string of the molecule is CN(Cc1ccc(N(C)C)cc1)C(=O)CN. The van der Waals surface area contributed by atoms with Crippen LogP contribution < -0.4 is 10.6 Å². The highest BCUT2D eigenvalue weighted by Crippen LogP contribution is 2.13. The monoisotopic (exact) mass is 221 g/mol. The fourth-order valence-electron chi connectivity index (χ4n) is 1.42. The molecule has 16 heavy (non-hydrogen) atoms. The fraction of sp³-hybridized carbons (Fsp3) is 0.417. The first kappa shape index (κ1) is 12.5. The van der Waals surface area contributed by atoms with Gasteiger partial charge in [-0.3, -0.25) is 4.79 Å². The zero-order valence-electron chi connectivity index (χ0n) is 10.1. The number of likely N-dealkylation sites (N-methyl/N-ethyl adjacent to an activating group) is 1. The highest BCUT2D eigenvalue weighted by molar-refractivity contribution is 5.77. The van der Waals surface area contributed by atoms with Gasteiger partial charge in [0.1, 0.15) is 0 Å². The van der Waals surface area contributed by atoms with Gasteiger partial charge < -0.3 is 15.5 Å². The lowest BCUT2D eigenvalue weighted by atomic mass is 10.2. The third-order valence-electron chi connectivity index (χ3n) is 2.47. The Balaban J connectivity index is 2.65. The second kappa shape index (κ2) is 5.51. The molecule has 0 aliphatic rings. The second-order valence-corrected chi connectivity index (χ2v) is 4.01. The Kier molecular flexibility index (Phi) is 4.31. The van der Waals surface area contributed by atoms with Gasteiger partial charge in [-0.25, -0.2) is 0 Å². The molecule has 0 aromatic heterocycles. The predicted octanol–water partition coefficient (Wildman–Crippen LogP) is 0.670. The van der Waals surface area contributed by atoms with Gasteiger partial charge in [0.25, 0.3) is 0 Å². The molecule has 4 heteroatoms. The number of nitrogens with two attached hydrogens (primary N) is 1. The molecule has 0 unspecified atom stereocenters. The summed E-state index contributed by atoms with van der Waals surface area (Å²) in [7, 11) is 5.76. The molecular formula is C12H19N3O. The van der Waals surface area contributed by atoms with Crippen molar-refractivity contribution in [1.82, 2.24) is 4.90 Å². The average molecular weight is 221 g/mol. The van der Waals surface area contributed by atoms with Gasteiger partial charge in [-0.05, 0) is 17.7 Å². The Labute approximate surface area is 96.6 Å². The molecule has 2 N–H and O–H groups in total. The van der Waals surface area contributed by atoms with Crippen LogP contribution in [-0.2, 0) is 11.3 Å². The van der Waals surface area contributed by atoms with Crippen LogP contribution in [0.2, 0.25) is 0 Å². The molecule has 1 aromatic carbocycles. The standard InChI is InChI=1S/C12H19N3O/c1-14(2)11-6-4-10(5-7-11)9-15(3)12(16)8-13/h4-7H,8-9,13H2,1-3H3. The molecule has 1 aromatic rings. The van der Waals surface area contributed by atoms with E-state index < -0.39 is 0 Å². The molecule has 1 amide bonds. The van der Waals surface area contributed by atoms with E-state index >= 15 is 0 Å². The highest BCUT2D eigenvalue weighted by Gasteiger charge is 2.06. The zero-order valence-corrected chi connectivity index (χ0v) is 10.1. The van der Waals surface area contributed by atoms with Crippen LogP contribution in [0.15, 0.2) is 24.3 Å². The van der Waals surface area contributed by atoms with E-state index in [1.165, 1.54) is 0 Å². The minimum Gasteiger partial charge on any atom is -0.378 e. The van der Waals surface area contributed by atoms with E-state index in [-0.39, 0.29) is 12.5 Å². The Morgan fingerprint density at radius 1 is 1.19 bits per heavy atom. The molecule has 4 nitrogen and oxygen atoms in total. The minimum atomic E-state index is -0.0447. The Morgan fingerprint density at radius 3 is 2.19 bits per heavy atom. The summed E-state index contributed by atoms with van der Waals surface area (Å²) in [5.41, 5.74) is 7.55. The van der Waals surface area contributed by atoms with Crippen molar-refractivity contribution < 1.29 is 4.79 Å². The smallest absolute Gasteiger partial charge is 0.236 e. The van der Waals surface area contributed by atoms with Crippen molar-refractivity contribution in [3.63, 3.8) is 0 Å². The van der Waals surface area contributed by atoms with Gasteiger partial charge in [0, 0.05) is 33.4 Å². The van der Waals surface area contributed by atoms with Crippen LogP contribution >= 0.6 is 0 Å². The van der Waals surface area contributed by atoms with Crippen molar-refractivity contribution in [1.29, 1.82) is 0 Å². The first-order chi connectivity index (χ1) is 7.54. The van der Waals surface area contributed by atoms with Crippen molar-refractivity contribution in [3.8, 4) is 0 Å². The lowest BCUT2D eigenvalue weighted by Gasteiger charge is -2.17. The van der Waals surface area contributed by atoms with E-state index in [9.17, 15) is 4.79 Å². The molecule has 88 valence electrons. The van der Waals surface area contributed by atoms with Crippen molar-refractivity contribution in [2.45, 2.75) is 6.54 Å². The second-order valence-electron chi connectivity index (χ2n) is 4.01. The average Bonchev–Trinajstić information content (AvgIpc) is 2.28. The van der Waals surface area contributed by atoms with E-state index in [1.54, 1.807) is 11.9 Å². The van der Waals surface area contributed by atoms with Crippen molar-refractivity contribution >= 4 is 11.6 Å². The minimum absolute atomic E-state index is 0.0447. The third-order valence-corrected chi connectivity index (χ3v) is 2.47. The number of hydrogen-bond acceptors (Lipinski definition) is 3. The lowest BCUT2D eigenvalue weighted by Crippen LogP contribution is -2.32. The molecule has 0 radical (unpaired) electrons. The predicted molar refractivity (Wildman–Crippen MR) is 66.3 cm³/mol. The fourth-order valence-corrected chi connectivity index (χ4v) is 1.42. The summed E-state index contributed by atoms with van der Waals surface area (Å²) in [6.45, 7) is 0.663. The zero-order chi connectivity index (χ0) is 12.1. The maximum atomic E-state index is 11.3. The van der Waals surface area contributed by atoms with Crippen molar-refractivity contribution in [2.24, 2.45) is 5.73 Å². The Morgan fingerprint density at radius 2 is 1.75 bits per heavy atom. The Bertz CT molecular complexity index is 346. The summed E-state index contributed by atoms with van der Waals surface area (Å²) in [6, 6.07) is 8.12. The molecule has 0 bridgehead atoms. The van der Waals surface area contributed by atoms with E-state index in [4.69, 9.17) is 5.73 Å². The van der Waals surface area contributed by atoms with Crippen molar-refractivity contribution in [2.75, 3.05) is 32.6 Å². The summed E-state index contributed by atoms with van der Waals surface area (Å²) in [4.78, 5) is 15.0. The molecule has 0 heterocycles. The third kappa shape index (κ3) is 3.24. The number of carbonyl (C=O) groups is 1. The first-order valence-corrected chi connectivity index (χ1v) is 5.25. The summed E-state index contributed by atoms with van der Waals surface area (Å²) < 4.78 is 0. The van der Waals surface area contributed by atoms with E-state index in [0.717, 1.165) is 11.3 Å². The maximum Gasteiger partial charge on any atom is 0.236 e. The highest BCUT2D eigenvalue weighted by atomic mass is 16.2. The molecule has 0 aliphatic carbocycles. The quantitative estimate of drug-likeness (QED) is 0.813. The van der Waals surface area contributed by atoms with Crippen LogP contribution in [0.25, 0.3) is 0 Å².